The van der Waals surface area contributed by atoms with Crippen LogP contribution in [0.5, 0.6) is 0 Å². The van der Waals surface area contributed by atoms with Gasteiger partial charge in [0.1, 0.15) is 0 Å². The van der Waals surface area contributed by atoms with E-state index in [1.54, 1.807) is 0 Å². The average molecular weight is 215 g/mol. The van der Waals surface area contributed by atoms with Crippen molar-refractivity contribution in [1.29, 1.82) is 0 Å². The Morgan fingerprint density at radius 3 is 2.27 bits per heavy atom. The summed E-state index contributed by atoms with van der Waals surface area (Å²) in [6, 6.07) is 0. The predicted molar refractivity (Wildman–Crippen MR) is 43.8 cm³/mol. The first-order valence-electron chi connectivity index (χ1n) is 3.54. The molecule has 1 aromatic heterocycles. The van der Waals surface area contributed by atoms with Crippen LogP contribution in [0.3, 0.4) is 0 Å². The molecule has 1 heterocycles. The summed E-state index contributed by atoms with van der Waals surface area (Å²) >= 11 is 0. The first kappa shape index (κ1) is 10.6. The highest BCUT2D eigenvalue weighted by Gasteiger charge is 2.34. The summed E-state index contributed by atoms with van der Waals surface area (Å²) in [6.45, 7) is 0. The van der Waals surface area contributed by atoms with Gasteiger partial charge in [-0.2, -0.15) is 4.68 Å². The van der Waals surface area contributed by atoms with E-state index < -0.39 is 33.9 Å². The molecule has 0 aromatic carbocycles. The number of hydrogen-bond acceptors (Lipinski definition) is 5. The molecule has 80 valence electrons. The number of carboxylic acids is 2. The van der Waals surface area contributed by atoms with E-state index in [2.05, 4.69) is 5.10 Å². The second kappa shape index (κ2) is 3.36. The Hall–Kier alpha value is -2.45. The van der Waals surface area contributed by atoms with E-state index in [0.717, 1.165) is 7.05 Å². The van der Waals surface area contributed by atoms with Crippen LogP contribution in [0, 0.1) is 10.1 Å². The van der Waals surface area contributed by atoms with E-state index in [0.29, 0.717) is 4.68 Å². The molecule has 0 aliphatic rings. The van der Waals surface area contributed by atoms with Crippen molar-refractivity contribution in [1.82, 2.24) is 9.78 Å². The van der Waals surface area contributed by atoms with Crippen LogP contribution in [0.2, 0.25) is 0 Å². The molecule has 0 spiro atoms. The fourth-order valence-corrected chi connectivity index (χ4v) is 1.08. The minimum Gasteiger partial charge on any atom is -0.477 e. The average Bonchev–Trinajstić information content (AvgIpc) is 2.42. The summed E-state index contributed by atoms with van der Waals surface area (Å²) in [5, 5.41) is 30.9. The number of aromatic carboxylic acids is 2. The van der Waals surface area contributed by atoms with Crippen molar-refractivity contribution in [3.8, 4) is 0 Å². The number of nitrogens with zero attached hydrogens (tertiary/aromatic N) is 3. The summed E-state index contributed by atoms with van der Waals surface area (Å²) in [6.07, 6.45) is 0. The van der Waals surface area contributed by atoms with Gasteiger partial charge < -0.3 is 20.3 Å². The normalized spacial score (nSPS) is 9.93. The molecule has 9 heteroatoms. The number of nitro groups is 1. The molecule has 0 amide bonds. The lowest BCUT2D eigenvalue weighted by Crippen LogP contribution is -2.11. The lowest BCUT2D eigenvalue weighted by molar-refractivity contribution is -0.390. The smallest absolute Gasteiger partial charge is 0.405 e. The molecule has 0 radical (unpaired) electrons. The van der Waals surface area contributed by atoms with Gasteiger partial charge in [0.15, 0.2) is 11.3 Å². The SMILES string of the molecule is Cn1nc([N+](=O)[O-])c(C(=O)O)c1C(=O)O. The van der Waals surface area contributed by atoms with Crippen LogP contribution in [-0.2, 0) is 7.05 Å². The number of rotatable bonds is 3. The van der Waals surface area contributed by atoms with E-state index in [-0.39, 0.29) is 0 Å². The first-order chi connectivity index (χ1) is 6.86. The Morgan fingerprint density at radius 2 is 1.93 bits per heavy atom. The van der Waals surface area contributed by atoms with Gasteiger partial charge in [-0.15, -0.1) is 0 Å². The van der Waals surface area contributed by atoms with E-state index in [1.807, 2.05) is 0 Å². The van der Waals surface area contributed by atoms with Gasteiger partial charge in [-0.3, -0.25) is 0 Å². The molecule has 2 N–H and O–H groups in total. The number of hydrogen-bond donors (Lipinski definition) is 2. The lowest BCUT2D eigenvalue weighted by atomic mass is 10.2. The second-order valence-electron chi connectivity index (χ2n) is 2.54. The molecule has 1 aromatic rings. The van der Waals surface area contributed by atoms with Crippen LogP contribution in [0.4, 0.5) is 5.82 Å². The van der Waals surface area contributed by atoms with Crippen molar-refractivity contribution in [3.05, 3.63) is 21.4 Å². The third-order valence-electron chi connectivity index (χ3n) is 1.62. The molecule has 0 saturated carbocycles. The van der Waals surface area contributed by atoms with E-state index >= 15 is 0 Å². The summed E-state index contributed by atoms with van der Waals surface area (Å²) in [4.78, 5) is 30.6. The molecule has 15 heavy (non-hydrogen) atoms. The minimum absolute atomic E-state index is 0.643. The summed E-state index contributed by atoms with van der Waals surface area (Å²) in [7, 11) is 1.11. The Kier molecular flexibility index (Phi) is 2.38. The highest BCUT2D eigenvalue weighted by Crippen LogP contribution is 2.20. The van der Waals surface area contributed by atoms with Gasteiger partial charge in [-0.1, -0.05) is 0 Å². The first-order valence-corrected chi connectivity index (χ1v) is 3.54. The van der Waals surface area contributed by atoms with E-state index in [4.69, 9.17) is 10.2 Å². The van der Waals surface area contributed by atoms with Gasteiger partial charge in [0.25, 0.3) is 0 Å². The number of carbonyl (C=O) groups is 2. The van der Waals surface area contributed by atoms with Crippen LogP contribution < -0.4 is 0 Å². The van der Waals surface area contributed by atoms with Gasteiger partial charge in [-0.25, -0.2) is 9.59 Å². The number of carboxylic acid groups (broad SMARTS) is 2. The molecule has 1 rings (SSSR count). The van der Waals surface area contributed by atoms with Crippen LogP contribution in [0.1, 0.15) is 20.8 Å². The maximum absolute atomic E-state index is 10.6. The molecule has 0 aliphatic carbocycles. The van der Waals surface area contributed by atoms with Crippen molar-refractivity contribution in [3.63, 3.8) is 0 Å². The molecular weight excluding hydrogens is 210 g/mol. The molecule has 9 nitrogen and oxygen atoms in total. The molecule has 0 saturated heterocycles. The zero-order valence-electron chi connectivity index (χ0n) is 7.37. The molecule has 0 atom stereocenters. The van der Waals surface area contributed by atoms with Crippen molar-refractivity contribution in [2.24, 2.45) is 7.05 Å². The molecule has 0 unspecified atom stereocenters. The zero-order valence-corrected chi connectivity index (χ0v) is 7.37. The van der Waals surface area contributed by atoms with Gasteiger partial charge >= 0.3 is 17.8 Å². The quantitative estimate of drug-likeness (QED) is 0.522. The van der Waals surface area contributed by atoms with Crippen molar-refractivity contribution < 1.29 is 24.7 Å². The number of aryl methyl sites for hydroxylation is 1. The Balaban J connectivity index is 3.59. The van der Waals surface area contributed by atoms with Crippen LogP contribution in [0.15, 0.2) is 0 Å². The summed E-state index contributed by atoms with van der Waals surface area (Å²) in [5.74, 6) is -4.27. The fraction of sp³-hybridized carbons (Fsp3) is 0.167. The Morgan fingerprint density at radius 1 is 1.40 bits per heavy atom. The van der Waals surface area contributed by atoms with Crippen molar-refractivity contribution in [2.75, 3.05) is 0 Å². The van der Waals surface area contributed by atoms with Gasteiger partial charge in [0.2, 0.25) is 0 Å². The fourth-order valence-electron chi connectivity index (χ4n) is 1.08. The monoisotopic (exact) mass is 215 g/mol. The maximum Gasteiger partial charge on any atom is 0.405 e. The summed E-state index contributed by atoms with van der Waals surface area (Å²) < 4.78 is 0.643. The highest BCUT2D eigenvalue weighted by molar-refractivity contribution is 6.03. The van der Waals surface area contributed by atoms with E-state index in [1.165, 1.54) is 0 Å². The maximum atomic E-state index is 10.6. The van der Waals surface area contributed by atoms with Crippen LogP contribution in [-0.4, -0.2) is 36.9 Å². The van der Waals surface area contributed by atoms with Crippen molar-refractivity contribution in [2.45, 2.75) is 0 Å². The summed E-state index contributed by atoms with van der Waals surface area (Å²) in [5.41, 5.74) is -1.65. The topological polar surface area (TPSA) is 136 Å². The molecule has 0 fully saturated rings. The Labute approximate surface area is 81.7 Å². The molecule has 0 bridgehead atoms. The minimum atomic E-state index is -1.70. The number of aromatic nitrogens is 2. The lowest BCUT2D eigenvalue weighted by Gasteiger charge is -1.93. The standard InChI is InChI=1S/C6H5N3O6/c1-8-3(6(12)13)2(5(10)11)4(7-8)9(14)15/h1H3,(H,10,11)(H,12,13). The molecule has 0 aliphatic heterocycles. The largest absolute Gasteiger partial charge is 0.477 e. The third kappa shape index (κ3) is 1.61. The van der Waals surface area contributed by atoms with Crippen molar-refractivity contribution >= 4 is 17.8 Å². The van der Waals surface area contributed by atoms with E-state index in [9.17, 15) is 19.7 Å². The van der Waals surface area contributed by atoms with Gasteiger partial charge in [-0.05, 0) is 4.92 Å². The predicted octanol–water partition coefficient (Wildman–Crippen LogP) is -0.275. The van der Waals surface area contributed by atoms with Crippen LogP contribution in [0.25, 0.3) is 0 Å². The highest BCUT2D eigenvalue weighted by atomic mass is 16.6. The van der Waals surface area contributed by atoms with Gasteiger partial charge in [0, 0.05) is 0 Å². The Bertz CT molecular complexity index is 462. The zero-order chi connectivity index (χ0) is 11.7. The molecular formula is C6H5N3O6. The van der Waals surface area contributed by atoms with Gasteiger partial charge in [0.05, 0.1) is 12.1 Å². The van der Waals surface area contributed by atoms with Crippen LogP contribution >= 0.6 is 0 Å². The third-order valence-corrected chi connectivity index (χ3v) is 1.62. The second-order valence-corrected chi connectivity index (χ2v) is 2.54.